The molecule has 0 aromatic carbocycles. The van der Waals surface area contributed by atoms with Gasteiger partial charge in [0.2, 0.25) is 0 Å². The van der Waals surface area contributed by atoms with Gasteiger partial charge in [-0.1, -0.05) is 306 Å². The van der Waals surface area contributed by atoms with Crippen molar-refractivity contribution in [3.63, 3.8) is 0 Å². The first-order chi connectivity index (χ1) is 38.0. The van der Waals surface area contributed by atoms with Crippen molar-refractivity contribution in [2.45, 2.75) is 348 Å². The Bertz CT molecular complexity index is 1420. The third kappa shape index (κ3) is 63.6. The van der Waals surface area contributed by atoms with Crippen LogP contribution in [0.5, 0.6) is 0 Å². The van der Waals surface area contributed by atoms with Crippen LogP contribution < -0.4 is 0 Å². The quantitative estimate of drug-likeness (QED) is 0.0261. The summed E-state index contributed by atoms with van der Waals surface area (Å²) >= 11 is 0. The van der Waals surface area contributed by atoms with E-state index in [0.717, 1.165) is 96.3 Å². The van der Waals surface area contributed by atoms with Gasteiger partial charge in [-0.3, -0.25) is 14.4 Å². The SMILES string of the molecule is CC/C=C\C/C=C\C/C=C\CCCCCCCCCC(=O)OC(COC(=O)CCCCCCCCCCCCC)COC(=O)CCCCCCCCCCCCCCCCCC/C=C\C/C=C\C/C=C\CCCCCCC. The van der Waals surface area contributed by atoms with Gasteiger partial charge in [-0.25, -0.2) is 0 Å². The normalized spacial score (nSPS) is 12.5. The summed E-state index contributed by atoms with van der Waals surface area (Å²) in [6.45, 7) is 6.54. The standard InChI is InChI=1S/C71H126O6/c1-4-7-10-13-16-19-22-24-26-28-29-30-31-32-33-34-35-36-37-38-39-40-41-43-44-46-49-52-55-58-61-64-70(73)76-67-68(66-75-69(72)63-60-57-54-51-48-21-18-15-12-9-6-3)77-71(74)65-62-59-56-53-50-47-45-42-27-25-23-20-17-14-11-8-5-2/h8,11,17,20,22,24-25,27-29,31-32,68H,4-7,9-10,12-16,18-19,21,23,26,30,33-67H2,1-3H3/b11-8-,20-17-,24-22-,27-25-,29-28-,32-31-. The number of carbonyl (C=O) groups is 3. The first kappa shape index (κ1) is 73.8. The maximum atomic E-state index is 12.9. The summed E-state index contributed by atoms with van der Waals surface area (Å²) in [5.74, 6) is -0.870. The summed E-state index contributed by atoms with van der Waals surface area (Å²) in [6.07, 6.45) is 85.0. The van der Waals surface area contributed by atoms with Crippen LogP contribution in [0.2, 0.25) is 0 Å². The number of unbranched alkanes of at least 4 members (excludes halogenated alkanes) is 38. The zero-order valence-corrected chi connectivity index (χ0v) is 51.2. The Labute approximate surface area is 478 Å². The minimum atomic E-state index is -0.778. The van der Waals surface area contributed by atoms with Gasteiger partial charge < -0.3 is 14.2 Å². The van der Waals surface area contributed by atoms with Crippen LogP contribution in [0.15, 0.2) is 72.9 Å². The number of hydrogen-bond acceptors (Lipinski definition) is 6. The number of rotatable bonds is 61. The van der Waals surface area contributed by atoms with E-state index in [0.29, 0.717) is 19.3 Å². The van der Waals surface area contributed by atoms with Crippen molar-refractivity contribution in [3.05, 3.63) is 72.9 Å². The minimum absolute atomic E-state index is 0.0754. The molecule has 0 saturated heterocycles. The molecule has 0 bridgehead atoms. The average Bonchev–Trinajstić information content (AvgIpc) is 3.43. The molecule has 0 aliphatic rings. The summed E-state index contributed by atoms with van der Waals surface area (Å²) in [7, 11) is 0. The molecule has 0 N–H and O–H groups in total. The molecule has 0 aromatic rings. The van der Waals surface area contributed by atoms with E-state index < -0.39 is 6.10 Å². The van der Waals surface area contributed by atoms with Crippen LogP contribution in [0.1, 0.15) is 342 Å². The molecular weight excluding hydrogens is 949 g/mol. The van der Waals surface area contributed by atoms with Gasteiger partial charge in [0, 0.05) is 19.3 Å². The largest absolute Gasteiger partial charge is 0.462 e. The smallest absolute Gasteiger partial charge is 0.306 e. The van der Waals surface area contributed by atoms with Crippen molar-refractivity contribution in [2.75, 3.05) is 13.2 Å². The summed E-state index contributed by atoms with van der Waals surface area (Å²) < 4.78 is 16.9. The van der Waals surface area contributed by atoms with Crippen molar-refractivity contribution in [1.82, 2.24) is 0 Å². The van der Waals surface area contributed by atoms with Crippen LogP contribution in [0, 0.1) is 0 Å². The second-order valence-corrected chi connectivity index (χ2v) is 22.4. The van der Waals surface area contributed by atoms with Gasteiger partial charge >= 0.3 is 17.9 Å². The molecule has 446 valence electrons. The zero-order chi connectivity index (χ0) is 55.7. The maximum absolute atomic E-state index is 12.9. The third-order valence-electron chi connectivity index (χ3n) is 14.7. The molecule has 1 atom stereocenters. The lowest BCUT2D eigenvalue weighted by Gasteiger charge is -2.18. The number of ether oxygens (including phenoxy) is 3. The second-order valence-electron chi connectivity index (χ2n) is 22.4. The third-order valence-corrected chi connectivity index (χ3v) is 14.7. The molecule has 0 spiro atoms. The molecule has 0 fully saturated rings. The van der Waals surface area contributed by atoms with Crippen LogP contribution >= 0.6 is 0 Å². The molecular formula is C71H126O6. The van der Waals surface area contributed by atoms with Crippen LogP contribution in [0.4, 0.5) is 0 Å². The van der Waals surface area contributed by atoms with Crippen molar-refractivity contribution in [2.24, 2.45) is 0 Å². The molecule has 6 heteroatoms. The van der Waals surface area contributed by atoms with Crippen LogP contribution in [-0.2, 0) is 28.6 Å². The minimum Gasteiger partial charge on any atom is -0.462 e. The summed E-state index contributed by atoms with van der Waals surface area (Å²) in [4.78, 5) is 38.3. The molecule has 6 nitrogen and oxygen atoms in total. The highest BCUT2D eigenvalue weighted by atomic mass is 16.6. The zero-order valence-electron chi connectivity index (χ0n) is 51.2. The van der Waals surface area contributed by atoms with E-state index in [9.17, 15) is 14.4 Å². The Kier molecular flexibility index (Phi) is 62.7. The van der Waals surface area contributed by atoms with Crippen molar-refractivity contribution >= 4 is 17.9 Å². The lowest BCUT2D eigenvalue weighted by Crippen LogP contribution is -2.30. The highest BCUT2D eigenvalue weighted by Gasteiger charge is 2.19. The lowest BCUT2D eigenvalue weighted by atomic mass is 10.0. The fourth-order valence-electron chi connectivity index (χ4n) is 9.70. The Hall–Kier alpha value is -3.15. The Balaban J connectivity index is 4.15. The number of hydrogen-bond donors (Lipinski definition) is 0. The predicted molar refractivity (Wildman–Crippen MR) is 335 cm³/mol. The van der Waals surface area contributed by atoms with E-state index >= 15 is 0 Å². The Morgan fingerprint density at radius 2 is 0.506 bits per heavy atom. The molecule has 0 aliphatic heterocycles. The molecule has 0 saturated carbocycles. The highest BCUT2D eigenvalue weighted by Crippen LogP contribution is 2.17. The summed E-state index contributed by atoms with van der Waals surface area (Å²) in [5, 5.41) is 0. The van der Waals surface area contributed by atoms with Gasteiger partial charge in [-0.2, -0.15) is 0 Å². The molecule has 0 radical (unpaired) electrons. The Morgan fingerprint density at radius 1 is 0.273 bits per heavy atom. The van der Waals surface area contributed by atoms with Crippen LogP contribution in [-0.4, -0.2) is 37.2 Å². The number of carbonyl (C=O) groups excluding carboxylic acids is 3. The van der Waals surface area contributed by atoms with E-state index in [1.807, 2.05) is 0 Å². The van der Waals surface area contributed by atoms with Gasteiger partial charge in [-0.05, 0) is 89.9 Å². The monoisotopic (exact) mass is 1070 g/mol. The predicted octanol–water partition coefficient (Wildman–Crippen LogP) is 22.9. The van der Waals surface area contributed by atoms with Gasteiger partial charge in [0.15, 0.2) is 6.10 Å². The molecule has 0 amide bonds. The number of allylic oxidation sites excluding steroid dienone is 12. The van der Waals surface area contributed by atoms with Crippen molar-refractivity contribution < 1.29 is 28.6 Å². The van der Waals surface area contributed by atoms with Crippen molar-refractivity contribution in [1.29, 1.82) is 0 Å². The van der Waals surface area contributed by atoms with E-state index in [1.54, 1.807) is 0 Å². The van der Waals surface area contributed by atoms with Crippen LogP contribution in [0.3, 0.4) is 0 Å². The summed E-state index contributed by atoms with van der Waals surface area (Å²) in [5.41, 5.74) is 0. The van der Waals surface area contributed by atoms with Gasteiger partial charge in [0.25, 0.3) is 0 Å². The van der Waals surface area contributed by atoms with Gasteiger partial charge in [0.05, 0.1) is 0 Å². The molecule has 0 heterocycles. The average molecular weight is 1080 g/mol. The molecule has 77 heavy (non-hydrogen) atoms. The first-order valence-electron chi connectivity index (χ1n) is 33.4. The second kappa shape index (κ2) is 65.4. The fraction of sp³-hybridized carbons (Fsp3) is 0.789. The van der Waals surface area contributed by atoms with Crippen LogP contribution in [0.25, 0.3) is 0 Å². The maximum Gasteiger partial charge on any atom is 0.306 e. The van der Waals surface area contributed by atoms with Gasteiger partial charge in [-0.15, -0.1) is 0 Å². The lowest BCUT2D eigenvalue weighted by molar-refractivity contribution is -0.167. The van der Waals surface area contributed by atoms with Crippen molar-refractivity contribution in [3.8, 4) is 0 Å². The molecule has 1 unspecified atom stereocenters. The van der Waals surface area contributed by atoms with E-state index in [4.69, 9.17) is 14.2 Å². The fourth-order valence-corrected chi connectivity index (χ4v) is 9.70. The summed E-state index contributed by atoms with van der Waals surface area (Å²) in [6, 6.07) is 0. The molecule has 0 aliphatic carbocycles. The Morgan fingerprint density at radius 3 is 0.792 bits per heavy atom. The molecule has 0 rings (SSSR count). The van der Waals surface area contributed by atoms with E-state index in [1.165, 1.54) is 205 Å². The van der Waals surface area contributed by atoms with E-state index in [-0.39, 0.29) is 31.1 Å². The topological polar surface area (TPSA) is 78.9 Å². The first-order valence-corrected chi connectivity index (χ1v) is 33.4. The van der Waals surface area contributed by atoms with E-state index in [2.05, 4.69) is 93.7 Å². The van der Waals surface area contributed by atoms with Gasteiger partial charge in [0.1, 0.15) is 13.2 Å². The number of esters is 3. The highest BCUT2D eigenvalue weighted by molar-refractivity contribution is 5.71. The molecule has 0 aromatic heterocycles.